The first kappa shape index (κ1) is 5.84. The van der Waals surface area contributed by atoms with Gasteiger partial charge in [0, 0.05) is 0 Å². The van der Waals surface area contributed by atoms with Gasteiger partial charge >= 0.3 is 0 Å². The van der Waals surface area contributed by atoms with Crippen LogP contribution in [-0.2, 0) is 0 Å². The van der Waals surface area contributed by atoms with Gasteiger partial charge in [-0.3, -0.25) is 0 Å². The van der Waals surface area contributed by atoms with E-state index in [1.165, 1.54) is 0 Å². The normalized spacial score (nSPS) is 8.44. The molecule has 0 saturated carbocycles. The minimum Gasteiger partial charge on any atom is -0.238 e. The van der Waals surface area contributed by atoms with Gasteiger partial charge in [0.05, 0.1) is 6.57 Å². The van der Waals surface area contributed by atoms with E-state index in [1.807, 2.05) is 31.2 Å². The topological polar surface area (TPSA) is 4.36 Å². The quantitative estimate of drug-likeness (QED) is 0.460. The van der Waals surface area contributed by atoms with Crippen LogP contribution in [-0.4, -0.2) is 0 Å². The van der Waals surface area contributed by atoms with Crippen LogP contribution < -0.4 is 0 Å². The van der Waals surface area contributed by atoms with E-state index in [-0.39, 0.29) is 0 Å². The Morgan fingerprint density at radius 3 is 2.44 bits per heavy atom. The molecule has 0 aliphatic heterocycles. The standard InChI is InChI=1S/C8H7N/c1-7-5-3-4-6-8(7)9-2/h3-6H,1H3. The van der Waals surface area contributed by atoms with Crippen molar-refractivity contribution in [2.75, 3.05) is 0 Å². The average molecular weight is 117 g/mol. The number of benzene rings is 1. The molecule has 0 bridgehead atoms. The number of para-hydroxylation sites is 1. The van der Waals surface area contributed by atoms with Gasteiger partial charge in [-0.25, -0.2) is 4.85 Å². The Hall–Kier alpha value is -1.29. The molecule has 0 fully saturated rings. The zero-order valence-corrected chi connectivity index (χ0v) is 5.26. The Balaban J connectivity index is 3.20. The molecule has 0 spiro atoms. The van der Waals surface area contributed by atoms with Gasteiger partial charge in [0.2, 0.25) is 0 Å². The molecule has 0 saturated heterocycles. The summed E-state index contributed by atoms with van der Waals surface area (Å²) in [6, 6.07) is 7.57. The number of nitrogens with zero attached hydrogens (tertiary/aromatic N) is 1. The van der Waals surface area contributed by atoms with Crippen molar-refractivity contribution in [3.8, 4) is 0 Å². The molecule has 0 aliphatic rings. The van der Waals surface area contributed by atoms with Gasteiger partial charge in [-0.2, -0.15) is 0 Å². The van der Waals surface area contributed by atoms with E-state index in [9.17, 15) is 0 Å². The SMILES string of the molecule is [C-]#[N+]c1ccccc1C. The molecule has 1 heteroatoms. The first-order valence-electron chi connectivity index (χ1n) is 2.77. The molecule has 0 unspecified atom stereocenters. The predicted molar refractivity (Wildman–Crippen MR) is 37.4 cm³/mol. The Labute approximate surface area is 54.8 Å². The van der Waals surface area contributed by atoms with Crippen LogP contribution in [0.3, 0.4) is 0 Å². The average Bonchev–Trinajstić information content (AvgIpc) is 1.89. The molecular formula is C8H7N. The Morgan fingerprint density at radius 2 is 2.00 bits per heavy atom. The molecule has 0 aliphatic carbocycles. The molecule has 1 aromatic rings. The van der Waals surface area contributed by atoms with Gasteiger partial charge in [0.25, 0.3) is 0 Å². The van der Waals surface area contributed by atoms with Gasteiger partial charge in [-0.15, -0.1) is 0 Å². The van der Waals surface area contributed by atoms with Crippen molar-refractivity contribution >= 4 is 5.69 Å². The molecule has 0 radical (unpaired) electrons. The van der Waals surface area contributed by atoms with E-state index in [0.29, 0.717) is 0 Å². The van der Waals surface area contributed by atoms with E-state index in [2.05, 4.69) is 4.85 Å². The molecular weight excluding hydrogens is 110 g/mol. The maximum atomic E-state index is 6.71. The lowest BCUT2D eigenvalue weighted by atomic mass is 10.2. The fourth-order valence-corrected chi connectivity index (χ4v) is 0.689. The number of hydrogen-bond acceptors (Lipinski definition) is 0. The zero-order valence-electron chi connectivity index (χ0n) is 5.26. The van der Waals surface area contributed by atoms with Crippen LogP contribution in [0.15, 0.2) is 24.3 Å². The monoisotopic (exact) mass is 117 g/mol. The van der Waals surface area contributed by atoms with Crippen LogP contribution in [0.5, 0.6) is 0 Å². The maximum absolute atomic E-state index is 6.71. The summed E-state index contributed by atoms with van der Waals surface area (Å²) in [6.07, 6.45) is 0. The molecule has 9 heavy (non-hydrogen) atoms. The minimum atomic E-state index is 0.748. The van der Waals surface area contributed by atoms with Gasteiger partial charge < -0.3 is 0 Å². The fraction of sp³-hybridized carbons (Fsp3) is 0.125. The van der Waals surface area contributed by atoms with Crippen molar-refractivity contribution in [3.63, 3.8) is 0 Å². The summed E-state index contributed by atoms with van der Waals surface area (Å²) >= 11 is 0. The van der Waals surface area contributed by atoms with Crippen molar-refractivity contribution in [1.29, 1.82) is 0 Å². The third kappa shape index (κ3) is 1.09. The Kier molecular flexibility index (Phi) is 1.51. The first-order chi connectivity index (χ1) is 4.34. The summed E-state index contributed by atoms with van der Waals surface area (Å²) < 4.78 is 0. The van der Waals surface area contributed by atoms with Gasteiger partial charge in [0.1, 0.15) is 0 Å². The van der Waals surface area contributed by atoms with E-state index in [0.717, 1.165) is 11.3 Å². The third-order valence-corrected chi connectivity index (χ3v) is 1.24. The van der Waals surface area contributed by atoms with Crippen LogP contribution in [0.25, 0.3) is 4.85 Å². The smallest absolute Gasteiger partial charge is 0.190 e. The Morgan fingerprint density at radius 1 is 1.33 bits per heavy atom. The number of hydrogen-bond donors (Lipinski definition) is 0. The van der Waals surface area contributed by atoms with Crippen molar-refractivity contribution in [2.24, 2.45) is 0 Å². The molecule has 1 aromatic carbocycles. The second-order valence-corrected chi connectivity index (χ2v) is 1.90. The second-order valence-electron chi connectivity index (χ2n) is 1.90. The minimum absolute atomic E-state index is 0.748. The van der Waals surface area contributed by atoms with Crippen LogP contribution in [0.4, 0.5) is 5.69 Å². The van der Waals surface area contributed by atoms with Gasteiger partial charge in [0.15, 0.2) is 5.69 Å². The molecule has 0 aromatic heterocycles. The lowest BCUT2D eigenvalue weighted by molar-refractivity contribution is 1.49. The molecule has 1 rings (SSSR count). The zero-order chi connectivity index (χ0) is 6.69. The summed E-state index contributed by atoms with van der Waals surface area (Å²) in [7, 11) is 0. The van der Waals surface area contributed by atoms with Crippen LogP contribution in [0.1, 0.15) is 5.56 Å². The summed E-state index contributed by atoms with van der Waals surface area (Å²) in [4.78, 5) is 3.32. The van der Waals surface area contributed by atoms with Crippen LogP contribution in [0.2, 0.25) is 0 Å². The second kappa shape index (κ2) is 2.32. The first-order valence-corrected chi connectivity index (χ1v) is 2.77. The van der Waals surface area contributed by atoms with Gasteiger partial charge in [-0.05, 0) is 12.5 Å². The number of aryl methyl sites for hydroxylation is 1. The van der Waals surface area contributed by atoms with E-state index >= 15 is 0 Å². The lowest BCUT2D eigenvalue weighted by Crippen LogP contribution is -1.67. The van der Waals surface area contributed by atoms with Crippen molar-refractivity contribution < 1.29 is 0 Å². The summed E-state index contributed by atoms with van der Waals surface area (Å²) in [5.41, 5.74) is 1.80. The maximum Gasteiger partial charge on any atom is 0.190 e. The molecule has 44 valence electrons. The molecule has 0 atom stereocenters. The van der Waals surface area contributed by atoms with Crippen LogP contribution >= 0.6 is 0 Å². The number of rotatable bonds is 0. The van der Waals surface area contributed by atoms with Crippen molar-refractivity contribution in [2.45, 2.75) is 6.92 Å². The van der Waals surface area contributed by atoms with Crippen LogP contribution in [0, 0.1) is 13.5 Å². The van der Waals surface area contributed by atoms with Gasteiger partial charge in [-0.1, -0.05) is 24.3 Å². The van der Waals surface area contributed by atoms with Crippen molar-refractivity contribution in [1.82, 2.24) is 0 Å². The fourth-order valence-electron chi connectivity index (χ4n) is 0.689. The third-order valence-electron chi connectivity index (χ3n) is 1.24. The Bertz CT molecular complexity index is 245. The molecule has 0 amide bonds. The van der Waals surface area contributed by atoms with E-state index in [1.54, 1.807) is 0 Å². The summed E-state index contributed by atoms with van der Waals surface area (Å²) in [5, 5.41) is 0. The van der Waals surface area contributed by atoms with E-state index < -0.39 is 0 Å². The molecule has 0 N–H and O–H groups in total. The predicted octanol–water partition coefficient (Wildman–Crippen LogP) is 2.55. The largest absolute Gasteiger partial charge is 0.238 e. The highest BCUT2D eigenvalue weighted by molar-refractivity contribution is 5.50. The van der Waals surface area contributed by atoms with Crippen molar-refractivity contribution in [3.05, 3.63) is 41.2 Å². The highest BCUT2D eigenvalue weighted by atomic mass is 14.6. The lowest BCUT2D eigenvalue weighted by Gasteiger charge is -1.91. The summed E-state index contributed by atoms with van der Waals surface area (Å²) in [6.45, 7) is 8.65. The molecule has 1 nitrogen and oxygen atoms in total. The molecule has 0 heterocycles. The highest BCUT2D eigenvalue weighted by Gasteiger charge is 1.90. The van der Waals surface area contributed by atoms with E-state index in [4.69, 9.17) is 6.57 Å². The summed E-state index contributed by atoms with van der Waals surface area (Å²) in [5.74, 6) is 0. The highest BCUT2D eigenvalue weighted by Crippen LogP contribution is 2.15.